The number of nitro benzene ring substituents is 1. The van der Waals surface area contributed by atoms with E-state index in [1.54, 1.807) is 0 Å². The summed E-state index contributed by atoms with van der Waals surface area (Å²) in [6, 6.07) is 2.92. The Morgan fingerprint density at radius 2 is 2.05 bits per heavy atom. The van der Waals surface area contributed by atoms with E-state index < -0.39 is 39.8 Å². The first kappa shape index (κ1) is 15.2. The Hall–Kier alpha value is -2.83. The number of carbonyl (C=O) groups excluding carboxylic acids is 1. The van der Waals surface area contributed by atoms with Crippen molar-refractivity contribution in [1.82, 2.24) is 0 Å². The van der Waals surface area contributed by atoms with E-state index in [2.05, 4.69) is 9.47 Å². The molecule has 0 N–H and O–H groups in total. The first-order valence-corrected chi connectivity index (χ1v) is 4.76. The summed E-state index contributed by atoms with van der Waals surface area (Å²) in [4.78, 5) is 20.9. The number of rotatable bonds is 3. The molecule has 20 heavy (non-hydrogen) atoms. The van der Waals surface area contributed by atoms with Crippen LogP contribution in [0.15, 0.2) is 12.1 Å². The third kappa shape index (κ3) is 3.14. The lowest BCUT2D eigenvalue weighted by Gasteiger charge is -2.12. The quantitative estimate of drug-likeness (QED) is 0.480. The summed E-state index contributed by atoms with van der Waals surface area (Å²) < 4.78 is 44.4. The first-order chi connectivity index (χ1) is 9.21. The van der Waals surface area contributed by atoms with Crippen LogP contribution in [0.5, 0.6) is 5.75 Å². The third-order valence-corrected chi connectivity index (χ3v) is 2.06. The van der Waals surface area contributed by atoms with Crippen LogP contribution in [-0.2, 0) is 4.74 Å². The van der Waals surface area contributed by atoms with Crippen molar-refractivity contribution < 1.29 is 32.4 Å². The topological polar surface area (TPSA) is 102 Å². The van der Waals surface area contributed by atoms with Crippen molar-refractivity contribution in [3.63, 3.8) is 0 Å². The lowest BCUT2D eigenvalue weighted by atomic mass is 10.1. The van der Waals surface area contributed by atoms with Crippen LogP contribution in [-0.4, -0.2) is 24.4 Å². The molecule has 0 fully saturated rings. The Kier molecular flexibility index (Phi) is 4.14. The minimum Gasteiger partial charge on any atom is -0.465 e. The summed E-state index contributed by atoms with van der Waals surface area (Å²) >= 11 is 0. The van der Waals surface area contributed by atoms with Gasteiger partial charge < -0.3 is 9.47 Å². The molecule has 0 radical (unpaired) electrons. The number of methoxy groups -OCH3 is 1. The maximum atomic E-state index is 12.2. The van der Waals surface area contributed by atoms with Crippen LogP contribution in [0.4, 0.5) is 18.9 Å². The molecule has 0 aromatic heterocycles. The molecule has 0 saturated heterocycles. The summed E-state index contributed by atoms with van der Waals surface area (Å²) in [6.45, 7) is 0. The summed E-state index contributed by atoms with van der Waals surface area (Å²) in [5, 5.41) is 19.5. The number of esters is 1. The van der Waals surface area contributed by atoms with Crippen LogP contribution < -0.4 is 4.74 Å². The SMILES string of the molecule is COC(=O)c1ccc(C#N)c(OC(F)(F)F)c1[N+](=O)[O-]. The lowest BCUT2D eigenvalue weighted by Crippen LogP contribution is -2.20. The second-order valence-electron chi connectivity index (χ2n) is 3.25. The smallest absolute Gasteiger partial charge is 0.465 e. The highest BCUT2D eigenvalue weighted by atomic mass is 19.4. The van der Waals surface area contributed by atoms with Crippen molar-refractivity contribution in [2.75, 3.05) is 7.11 Å². The van der Waals surface area contributed by atoms with Crippen molar-refractivity contribution in [2.45, 2.75) is 6.36 Å². The Balaban J connectivity index is 3.63. The van der Waals surface area contributed by atoms with Gasteiger partial charge >= 0.3 is 18.0 Å². The average Bonchev–Trinajstić information content (AvgIpc) is 2.35. The van der Waals surface area contributed by atoms with Gasteiger partial charge in [0.05, 0.1) is 12.0 Å². The zero-order valence-electron chi connectivity index (χ0n) is 9.72. The number of hydrogen-bond acceptors (Lipinski definition) is 6. The van der Waals surface area contributed by atoms with Gasteiger partial charge in [0, 0.05) is 0 Å². The third-order valence-electron chi connectivity index (χ3n) is 2.06. The van der Waals surface area contributed by atoms with E-state index in [1.807, 2.05) is 0 Å². The summed E-state index contributed by atoms with van der Waals surface area (Å²) in [7, 11) is 0.897. The Morgan fingerprint density at radius 1 is 1.45 bits per heavy atom. The molecule has 0 unspecified atom stereocenters. The maximum Gasteiger partial charge on any atom is 0.573 e. The van der Waals surface area contributed by atoms with Gasteiger partial charge in [-0.25, -0.2) is 4.79 Å². The molecule has 10 heteroatoms. The summed E-state index contributed by atoms with van der Waals surface area (Å²) in [5.41, 5.74) is -2.77. The van der Waals surface area contributed by atoms with Crippen LogP contribution in [0.1, 0.15) is 15.9 Å². The van der Waals surface area contributed by atoms with E-state index in [-0.39, 0.29) is 0 Å². The number of nitriles is 1. The highest BCUT2D eigenvalue weighted by Crippen LogP contribution is 2.38. The second kappa shape index (κ2) is 5.43. The Labute approximate surface area is 109 Å². The molecule has 0 atom stereocenters. The fourth-order valence-corrected chi connectivity index (χ4v) is 1.33. The van der Waals surface area contributed by atoms with Gasteiger partial charge in [-0.3, -0.25) is 10.1 Å². The standard InChI is InChI=1S/C10H5F3N2O5/c1-19-9(16)6-3-2-5(4-14)8(7(6)15(17)18)20-10(11,12)13/h2-3H,1H3. The molecule has 0 bridgehead atoms. The molecule has 0 heterocycles. The van der Waals surface area contributed by atoms with Crippen molar-refractivity contribution >= 4 is 11.7 Å². The monoisotopic (exact) mass is 290 g/mol. The van der Waals surface area contributed by atoms with Crippen LogP contribution in [0.25, 0.3) is 0 Å². The van der Waals surface area contributed by atoms with Gasteiger partial charge in [-0.05, 0) is 12.1 Å². The van der Waals surface area contributed by atoms with Crippen molar-refractivity contribution in [2.24, 2.45) is 0 Å². The number of nitro groups is 1. The van der Waals surface area contributed by atoms with E-state index in [0.29, 0.717) is 0 Å². The Morgan fingerprint density at radius 3 is 2.45 bits per heavy atom. The van der Waals surface area contributed by atoms with Crippen molar-refractivity contribution in [3.05, 3.63) is 33.4 Å². The molecule has 0 amide bonds. The van der Waals surface area contributed by atoms with Crippen LogP contribution in [0.3, 0.4) is 0 Å². The fourth-order valence-electron chi connectivity index (χ4n) is 1.33. The van der Waals surface area contributed by atoms with Gasteiger partial charge in [-0.2, -0.15) is 5.26 Å². The molecule has 1 aromatic rings. The minimum absolute atomic E-state index is 0.735. The Bertz CT molecular complexity index is 606. The van der Waals surface area contributed by atoms with Crippen molar-refractivity contribution in [3.8, 4) is 11.8 Å². The van der Waals surface area contributed by atoms with Crippen LogP contribution >= 0.6 is 0 Å². The molecule has 0 saturated carbocycles. The van der Waals surface area contributed by atoms with Gasteiger partial charge in [0.15, 0.2) is 0 Å². The summed E-state index contributed by atoms with van der Waals surface area (Å²) in [6.07, 6.45) is -5.26. The van der Waals surface area contributed by atoms with E-state index in [1.165, 1.54) is 6.07 Å². The predicted octanol–water partition coefficient (Wildman–Crippen LogP) is 2.15. The lowest BCUT2D eigenvalue weighted by molar-refractivity contribution is -0.389. The van der Waals surface area contributed by atoms with E-state index in [0.717, 1.165) is 19.2 Å². The highest BCUT2D eigenvalue weighted by molar-refractivity contribution is 5.95. The number of benzene rings is 1. The molecule has 106 valence electrons. The first-order valence-electron chi connectivity index (χ1n) is 4.76. The number of carbonyl (C=O) groups is 1. The number of hydrogen-bond donors (Lipinski definition) is 0. The maximum absolute atomic E-state index is 12.2. The summed E-state index contributed by atoms with van der Waals surface area (Å²) in [5.74, 6) is -2.58. The molecule has 1 rings (SSSR count). The minimum atomic E-state index is -5.26. The average molecular weight is 290 g/mol. The second-order valence-corrected chi connectivity index (χ2v) is 3.25. The highest BCUT2D eigenvalue weighted by Gasteiger charge is 2.38. The van der Waals surface area contributed by atoms with Crippen LogP contribution in [0.2, 0.25) is 0 Å². The van der Waals surface area contributed by atoms with Crippen molar-refractivity contribution in [1.29, 1.82) is 5.26 Å². The van der Waals surface area contributed by atoms with E-state index in [4.69, 9.17) is 5.26 Å². The van der Waals surface area contributed by atoms with Gasteiger partial charge in [0.1, 0.15) is 17.2 Å². The number of alkyl halides is 3. The molecule has 0 aliphatic carbocycles. The zero-order chi connectivity index (χ0) is 15.5. The normalized spacial score (nSPS) is 10.6. The molecule has 1 aromatic carbocycles. The molecule has 0 aliphatic heterocycles. The van der Waals surface area contributed by atoms with Gasteiger partial charge in [-0.15, -0.1) is 13.2 Å². The number of nitrogens with zero attached hydrogens (tertiary/aromatic N) is 2. The molecule has 0 spiro atoms. The van der Waals surface area contributed by atoms with E-state index >= 15 is 0 Å². The van der Waals surface area contributed by atoms with Gasteiger partial charge in [-0.1, -0.05) is 0 Å². The molecular weight excluding hydrogens is 285 g/mol. The largest absolute Gasteiger partial charge is 0.573 e. The number of halogens is 3. The zero-order valence-corrected chi connectivity index (χ0v) is 9.72. The fraction of sp³-hybridized carbons (Fsp3) is 0.200. The van der Waals surface area contributed by atoms with Gasteiger partial charge in [0.2, 0.25) is 5.75 Å². The molecule has 7 nitrogen and oxygen atoms in total. The van der Waals surface area contributed by atoms with Crippen LogP contribution in [0, 0.1) is 21.4 Å². The van der Waals surface area contributed by atoms with Gasteiger partial charge in [0.25, 0.3) is 0 Å². The number of ether oxygens (including phenoxy) is 2. The predicted molar refractivity (Wildman–Crippen MR) is 55.8 cm³/mol. The molecular formula is C10H5F3N2O5. The molecule has 0 aliphatic rings. The van der Waals surface area contributed by atoms with E-state index in [9.17, 15) is 28.1 Å².